The van der Waals surface area contributed by atoms with Gasteiger partial charge in [0.1, 0.15) is 17.2 Å². The number of hydrogen-bond donors (Lipinski definition) is 0. The second kappa shape index (κ2) is 15.0. The first-order valence-corrected chi connectivity index (χ1v) is 11.4. The fraction of sp³-hybridized carbons (Fsp3) is 0. The van der Waals surface area contributed by atoms with E-state index in [1.807, 2.05) is 0 Å². The molecule has 12 nitrogen and oxygen atoms in total. The van der Waals surface area contributed by atoms with Crippen LogP contribution in [0.3, 0.4) is 0 Å². The number of hydrogen-bond acceptors (Lipinski definition) is 9. The molecule has 0 fully saturated rings. The van der Waals surface area contributed by atoms with Gasteiger partial charge < -0.3 is 27.8 Å². The third-order valence-electron chi connectivity index (χ3n) is 3.73. The topological polar surface area (TPSA) is 144 Å². The summed E-state index contributed by atoms with van der Waals surface area (Å²) >= 11 is 0. The summed E-state index contributed by atoms with van der Waals surface area (Å²) in [6.45, 7) is 0. The van der Waals surface area contributed by atoms with E-state index in [2.05, 4.69) is 15.0 Å². The van der Waals surface area contributed by atoms with Gasteiger partial charge in [0.05, 0.1) is 0 Å². The quantitative estimate of drug-likeness (QED) is 0.189. The summed E-state index contributed by atoms with van der Waals surface area (Å²) in [6.07, 6.45) is -1.45. The highest BCUT2D eigenvalue weighted by Crippen LogP contribution is 2.41. The molecule has 37 heavy (non-hydrogen) atoms. The van der Waals surface area contributed by atoms with Crippen LogP contribution < -0.4 is 14.2 Å². The number of nitrogens with zero attached hydrogens (tertiary/aromatic N) is 3. The van der Waals surface area contributed by atoms with E-state index in [1.165, 1.54) is 0 Å². The lowest BCUT2D eigenvalue weighted by molar-refractivity contribution is 0.171. The van der Waals surface area contributed by atoms with Crippen LogP contribution in [0.4, 0.5) is 14.4 Å². The van der Waals surface area contributed by atoms with Crippen LogP contribution in [0, 0.1) is 0 Å². The lowest BCUT2D eigenvalue weighted by Gasteiger charge is -2.10. The first kappa shape index (κ1) is 26.5. The van der Waals surface area contributed by atoms with Gasteiger partial charge in [-0.25, -0.2) is 14.4 Å². The largest absolute Gasteiger partial charge is 0.541 e. The molecule has 0 saturated heterocycles. The Kier molecular flexibility index (Phi) is 10.8. The lowest BCUT2D eigenvalue weighted by Crippen LogP contribution is -2.07. The maximum Gasteiger partial charge on any atom is 0.541 e. The molecule has 0 heterocycles. The van der Waals surface area contributed by atoms with Crippen molar-refractivity contribution in [3.05, 3.63) is 91.0 Å². The molecular formula is C24H18N3O9P. The summed E-state index contributed by atoms with van der Waals surface area (Å²) < 4.78 is 29.8. The molecule has 0 aromatic heterocycles. The molecule has 0 bridgehead atoms. The Labute approximate surface area is 211 Å². The Balaban J connectivity index is 1.57. The average Bonchev–Trinajstić information content (AvgIpc) is 2.90. The summed E-state index contributed by atoms with van der Waals surface area (Å²) in [6, 6.07) is 25.3. The third-order valence-corrected chi connectivity index (χ3v) is 4.64. The van der Waals surface area contributed by atoms with E-state index in [0.717, 1.165) is 19.2 Å². The number of rotatable bonds is 9. The molecule has 0 unspecified atom stereocenters. The highest BCUT2D eigenvalue weighted by Gasteiger charge is 2.27. The third kappa shape index (κ3) is 10.8. The molecule has 0 aliphatic heterocycles. The van der Waals surface area contributed by atoms with Gasteiger partial charge in [0, 0.05) is 0 Å². The smallest absolute Gasteiger partial charge is 0.446 e. The van der Waals surface area contributed by atoms with Crippen molar-refractivity contribution in [2.24, 2.45) is 15.0 Å². The van der Waals surface area contributed by atoms with Crippen molar-refractivity contribution in [3.63, 3.8) is 0 Å². The predicted molar refractivity (Wildman–Crippen MR) is 133 cm³/mol. The monoisotopic (exact) mass is 523 g/mol. The molecule has 3 aromatic rings. The fourth-order valence-corrected chi connectivity index (χ4v) is 2.84. The fourth-order valence-electron chi connectivity index (χ4n) is 2.21. The van der Waals surface area contributed by atoms with E-state index in [9.17, 15) is 14.4 Å². The molecule has 3 rings (SSSR count). The van der Waals surface area contributed by atoms with E-state index in [0.29, 0.717) is 17.2 Å². The zero-order valence-corrected chi connectivity index (χ0v) is 19.7. The Morgan fingerprint density at radius 3 is 1.03 bits per heavy atom. The van der Waals surface area contributed by atoms with E-state index < -0.39 is 26.9 Å². The van der Waals surface area contributed by atoms with Gasteiger partial charge in [-0.3, -0.25) is 0 Å². The highest BCUT2D eigenvalue weighted by atomic mass is 31.2. The molecule has 13 heteroatoms. The van der Waals surface area contributed by atoms with Crippen LogP contribution in [0.25, 0.3) is 0 Å². The molecule has 0 saturated carbocycles. The number of carbonyl (C=O) groups is 3. The Bertz CT molecular complexity index is 1080. The number of ether oxygens (including phenoxy) is 3. The van der Waals surface area contributed by atoms with Gasteiger partial charge in [0.15, 0.2) is 19.2 Å². The van der Waals surface area contributed by atoms with E-state index in [-0.39, 0.29) is 0 Å². The minimum Gasteiger partial charge on any atom is -0.446 e. The molecule has 3 aromatic carbocycles. The molecule has 0 aliphatic rings. The zero-order valence-electron chi connectivity index (χ0n) is 18.9. The summed E-state index contributed by atoms with van der Waals surface area (Å²) in [4.78, 5) is 46.2. The number of benzene rings is 3. The second-order valence-corrected chi connectivity index (χ2v) is 7.29. The van der Waals surface area contributed by atoms with Gasteiger partial charge >= 0.3 is 26.9 Å². The van der Waals surface area contributed by atoms with Crippen molar-refractivity contribution in [3.8, 4) is 17.2 Å². The normalized spacial score (nSPS) is 11.7. The molecule has 0 atom stereocenters. The second-order valence-electron chi connectivity index (χ2n) is 6.29. The van der Waals surface area contributed by atoms with Crippen LogP contribution in [0.15, 0.2) is 106 Å². The summed E-state index contributed by atoms with van der Waals surface area (Å²) in [5.74, 6) is 1.21. The molecule has 188 valence electrons. The van der Waals surface area contributed by atoms with Crippen LogP contribution >= 0.6 is 8.60 Å². The van der Waals surface area contributed by atoms with Crippen LogP contribution in [-0.2, 0) is 13.6 Å². The van der Waals surface area contributed by atoms with Gasteiger partial charge in [0.2, 0.25) is 0 Å². The zero-order chi connectivity index (χ0) is 26.1. The van der Waals surface area contributed by atoms with Crippen molar-refractivity contribution < 1.29 is 42.2 Å². The maximum absolute atomic E-state index is 12.0. The number of para-hydroxylation sites is 3. The average molecular weight is 523 g/mol. The maximum atomic E-state index is 12.0. The van der Waals surface area contributed by atoms with E-state index in [4.69, 9.17) is 27.8 Å². The predicted octanol–water partition coefficient (Wildman–Crippen LogP) is 5.95. The number of amides is 3. The van der Waals surface area contributed by atoms with Crippen molar-refractivity contribution in [2.75, 3.05) is 0 Å². The molecule has 0 N–H and O–H groups in total. The number of carbonyl (C=O) groups excluding carboxylic acids is 3. The van der Waals surface area contributed by atoms with Crippen molar-refractivity contribution in [1.82, 2.24) is 0 Å². The Morgan fingerprint density at radius 2 is 0.757 bits per heavy atom. The lowest BCUT2D eigenvalue weighted by atomic mass is 10.3. The van der Waals surface area contributed by atoms with Crippen LogP contribution in [0.5, 0.6) is 17.2 Å². The molecule has 0 aliphatic carbocycles. The Hall–Kier alpha value is -5.09. The molecule has 0 radical (unpaired) electrons. The molecular weight excluding hydrogens is 505 g/mol. The summed E-state index contributed by atoms with van der Waals surface area (Å²) in [5, 5.41) is 0. The van der Waals surface area contributed by atoms with Gasteiger partial charge in [0.25, 0.3) is 0 Å². The highest BCUT2D eigenvalue weighted by molar-refractivity contribution is 7.43. The summed E-state index contributed by atoms with van der Waals surface area (Å²) in [5.41, 5.74) is 0. The minimum absolute atomic E-state index is 0.402. The molecule has 3 amide bonds. The van der Waals surface area contributed by atoms with Gasteiger partial charge in [-0.1, -0.05) is 54.6 Å². The minimum atomic E-state index is -2.95. The first-order chi connectivity index (χ1) is 18.1. The van der Waals surface area contributed by atoms with Crippen molar-refractivity contribution >= 4 is 46.1 Å². The van der Waals surface area contributed by atoms with Gasteiger partial charge in [-0.15, -0.1) is 15.0 Å². The van der Waals surface area contributed by atoms with Crippen molar-refractivity contribution in [2.45, 2.75) is 0 Å². The van der Waals surface area contributed by atoms with Crippen molar-refractivity contribution in [1.29, 1.82) is 0 Å². The van der Waals surface area contributed by atoms with Gasteiger partial charge in [-0.05, 0) is 36.4 Å². The van der Waals surface area contributed by atoms with Crippen LogP contribution in [0.1, 0.15) is 0 Å². The SMILES string of the molecule is O=C(N=COc1ccccc1)OP(OC(=O)N=COc1ccccc1)OC(=O)N=COc1ccccc1. The number of aliphatic imine (C=N–C) groups is 3. The van der Waals surface area contributed by atoms with Crippen LogP contribution in [-0.4, -0.2) is 37.5 Å². The first-order valence-electron chi connectivity index (χ1n) is 10.3. The van der Waals surface area contributed by atoms with E-state index >= 15 is 0 Å². The van der Waals surface area contributed by atoms with Crippen LogP contribution in [0.2, 0.25) is 0 Å². The molecule has 0 spiro atoms. The van der Waals surface area contributed by atoms with E-state index in [1.54, 1.807) is 91.0 Å². The summed E-state index contributed by atoms with van der Waals surface area (Å²) in [7, 11) is -2.95. The Morgan fingerprint density at radius 1 is 0.486 bits per heavy atom. The van der Waals surface area contributed by atoms with Gasteiger partial charge in [-0.2, -0.15) is 0 Å². The standard InChI is InChI=1S/C24H18N3O9P/c28-22(25-16-31-19-10-4-1-5-11-19)34-37(35-23(29)26-17-32-20-12-6-2-7-13-20)36-24(30)27-18-33-21-14-8-3-9-15-21/h1-18H.